The molecule has 1 N–H and O–H groups in total. The zero-order valence-corrected chi connectivity index (χ0v) is 18.2. The molecule has 0 bridgehead atoms. The van der Waals surface area contributed by atoms with Crippen LogP contribution < -0.4 is 14.8 Å². The fourth-order valence-corrected chi connectivity index (χ4v) is 5.16. The Hall–Kier alpha value is -2.36. The Morgan fingerprint density at radius 2 is 1.86 bits per heavy atom. The number of nitrogens with one attached hydrogen (secondary N) is 1. The van der Waals surface area contributed by atoms with E-state index in [0.717, 1.165) is 0 Å². The standard InChI is InChI=1S/C19H19ClN2O5S2/c1-26-12-5-7-13(8-6-12)29(24,25)11-3-4-16(23)21-19-22-17-15(27-2)10-9-14(20)18(17)28-19/h5-10H,3-4,11H2,1-2H3,(H,21,22,23). The monoisotopic (exact) mass is 454 g/mol. The van der Waals surface area contributed by atoms with Crippen LogP contribution in [-0.4, -0.2) is 39.3 Å². The van der Waals surface area contributed by atoms with Crippen molar-refractivity contribution in [2.75, 3.05) is 25.3 Å². The summed E-state index contributed by atoms with van der Waals surface area (Å²) < 4.78 is 35.8. The van der Waals surface area contributed by atoms with Crippen LogP contribution in [0.25, 0.3) is 10.2 Å². The van der Waals surface area contributed by atoms with Gasteiger partial charge in [-0.2, -0.15) is 0 Å². The molecule has 1 amide bonds. The molecular weight excluding hydrogens is 436 g/mol. The van der Waals surface area contributed by atoms with Gasteiger partial charge in [0.25, 0.3) is 0 Å². The fraction of sp³-hybridized carbons (Fsp3) is 0.263. The average molecular weight is 455 g/mol. The Bertz CT molecular complexity index is 1130. The van der Waals surface area contributed by atoms with Crippen LogP contribution in [0.2, 0.25) is 5.02 Å². The lowest BCUT2D eigenvalue weighted by atomic mass is 10.3. The average Bonchev–Trinajstić information content (AvgIpc) is 3.12. The number of hydrogen-bond acceptors (Lipinski definition) is 7. The van der Waals surface area contributed by atoms with E-state index in [1.807, 2.05) is 0 Å². The van der Waals surface area contributed by atoms with Gasteiger partial charge < -0.3 is 14.8 Å². The first-order chi connectivity index (χ1) is 13.8. The van der Waals surface area contributed by atoms with Crippen LogP contribution in [0.4, 0.5) is 5.13 Å². The summed E-state index contributed by atoms with van der Waals surface area (Å²) in [4.78, 5) is 16.8. The molecular formula is C19H19ClN2O5S2. The first-order valence-corrected chi connectivity index (χ1v) is 11.5. The predicted molar refractivity (Wildman–Crippen MR) is 114 cm³/mol. The number of halogens is 1. The summed E-state index contributed by atoms with van der Waals surface area (Å²) in [6.45, 7) is 0. The van der Waals surface area contributed by atoms with Gasteiger partial charge in [-0.3, -0.25) is 4.79 Å². The van der Waals surface area contributed by atoms with Gasteiger partial charge in [-0.1, -0.05) is 22.9 Å². The third-order valence-electron chi connectivity index (χ3n) is 4.16. The normalized spacial score (nSPS) is 11.4. The first-order valence-electron chi connectivity index (χ1n) is 8.64. The van der Waals surface area contributed by atoms with E-state index in [9.17, 15) is 13.2 Å². The second-order valence-corrected chi connectivity index (χ2v) is 9.61. The molecule has 3 rings (SSSR count). The second kappa shape index (κ2) is 8.98. The van der Waals surface area contributed by atoms with Crippen molar-refractivity contribution in [1.82, 2.24) is 4.98 Å². The molecule has 0 spiro atoms. The molecule has 0 atom stereocenters. The minimum atomic E-state index is -3.47. The third kappa shape index (κ3) is 4.98. The van der Waals surface area contributed by atoms with Crippen LogP contribution in [0.15, 0.2) is 41.3 Å². The molecule has 0 unspecified atom stereocenters. The molecule has 7 nitrogen and oxygen atoms in total. The number of methoxy groups -OCH3 is 2. The topological polar surface area (TPSA) is 94.6 Å². The summed E-state index contributed by atoms with van der Waals surface area (Å²) in [5.74, 6) is 0.693. The molecule has 0 aliphatic rings. The van der Waals surface area contributed by atoms with Crippen LogP contribution in [0.5, 0.6) is 11.5 Å². The Labute approximate surface area is 177 Å². The van der Waals surface area contributed by atoms with E-state index >= 15 is 0 Å². The van der Waals surface area contributed by atoms with Crippen LogP contribution in [0.3, 0.4) is 0 Å². The lowest BCUT2D eigenvalue weighted by Crippen LogP contribution is -2.14. The number of sulfone groups is 1. The zero-order chi connectivity index (χ0) is 21.0. The molecule has 0 aliphatic heterocycles. The summed E-state index contributed by atoms with van der Waals surface area (Å²) >= 11 is 7.41. The van der Waals surface area contributed by atoms with E-state index in [2.05, 4.69) is 10.3 Å². The number of benzene rings is 2. The maximum atomic E-state index is 12.4. The highest BCUT2D eigenvalue weighted by atomic mass is 35.5. The van der Waals surface area contributed by atoms with Gasteiger partial charge in [-0.25, -0.2) is 13.4 Å². The lowest BCUT2D eigenvalue weighted by Gasteiger charge is -2.06. The van der Waals surface area contributed by atoms with Gasteiger partial charge in [-0.15, -0.1) is 0 Å². The van der Waals surface area contributed by atoms with Gasteiger partial charge in [0.15, 0.2) is 15.0 Å². The maximum absolute atomic E-state index is 12.4. The fourth-order valence-electron chi connectivity index (χ4n) is 2.68. The molecule has 0 fully saturated rings. The molecule has 154 valence electrons. The lowest BCUT2D eigenvalue weighted by molar-refractivity contribution is -0.116. The van der Waals surface area contributed by atoms with Crippen molar-refractivity contribution in [1.29, 1.82) is 0 Å². The number of thiazole rings is 1. The highest BCUT2D eigenvalue weighted by Crippen LogP contribution is 2.37. The Kier molecular flexibility index (Phi) is 6.61. The van der Waals surface area contributed by atoms with Crippen molar-refractivity contribution in [2.45, 2.75) is 17.7 Å². The second-order valence-electron chi connectivity index (χ2n) is 6.09. The number of rotatable bonds is 8. The quantitative estimate of drug-likeness (QED) is 0.549. The number of carbonyl (C=O) groups excluding carboxylic acids is 1. The molecule has 1 heterocycles. The minimum Gasteiger partial charge on any atom is -0.497 e. The van der Waals surface area contributed by atoms with Gasteiger partial charge in [-0.05, 0) is 42.8 Å². The number of carbonyl (C=O) groups is 1. The molecule has 0 saturated carbocycles. The molecule has 0 aliphatic carbocycles. The van der Waals surface area contributed by atoms with Crippen molar-refractivity contribution in [2.24, 2.45) is 0 Å². The summed E-state index contributed by atoms with van der Waals surface area (Å²) in [6, 6.07) is 9.58. The van der Waals surface area contributed by atoms with Crippen LogP contribution in [-0.2, 0) is 14.6 Å². The van der Waals surface area contributed by atoms with Crippen LogP contribution >= 0.6 is 22.9 Å². The van der Waals surface area contributed by atoms with Crippen molar-refractivity contribution in [3.05, 3.63) is 41.4 Å². The molecule has 1 aromatic heterocycles. The number of amides is 1. The molecule has 3 aromatic rings. The molecule has 2 aromatic carbocycles. The van der Waals surface area contributed by atoms with Crippen LogP contribution in [0.1, 0.15) is 12.8 Å². The van der Waals surface area contributed by atoms with E-state index in [4.69, 9.17) is 21.1 Å². The van der Waals surface area contributed by atoms with E-state index < -0.39 is 9.84 Å². The first kappa shape index (κ1) is 21.4. The molecule has 29 heavy (non-hydrogen) atoms. The summed E-state index contributed by atoms with van der Waals surface area (Å²) in [5.41, 5.74) is 0.572. The SMILES string of the molecule is COc1ccc(S(=O)(=O)CCCC(=O)Nc2nc3c(OC)ccc(Cl)c3s2)cc1. The number of nitrogens with zero attached hydrogens (tertiary/aromatic N) is 1. The number of hydrogen-bond donors (Lipinski definition) is 1. The number of fused-ring (bicyclic) bond motifs is 1. The number of ether oxygens (including phenoxy) is 2. The predicted octanol–water partition coefficient (Wildman–Crippen LogP) is 4.16. The zero-order valence-electron chi connectivity index (χ0n) is 15.8. The van der Waals surface area contributed by atoms with E-state index in [-0.39, 0.29) is 29.4 Å². The highest BCUT2D eigenvalue weighted by molar-refractivity contribution is 7.91. The molecule has 10 heteroatoms. The van der Waals surface area contributed by atoms with Crippen molar-refractivity contribution in [3.8, 4) is 11.5 Å². The van der Waals surface area contributed by atoms with E-state index in [1.54, 1.807) is 24.3 Å². The Morgan fingerprint density at radius 3 is 2.52 bits per heavy atom. The van der Waals surface area contributed by atoms with Crippen LogP contribution in [0, 0.1) is 0 Å². The summed E-state index contributed by atoms with van der Waals surface area (Å²) in [6.07, 6.45) is 0.241. The Balaban J connectivity index is 1.60. The van der Waals surface area contributed by atoms with Crippen molar-refractivity contribution >= 4 is 54.0 Å². The van der Waals surface area contributed by atoms with Crippen molar-refractivity contribution in [3.63, 3.8) is 0 Å². The summed E-state index contributed by atoms with van der Waals surface area (Å²) in [5, 5.41) is 3.60. The minimum absolute atomic E-state index is 0.0518. The Morgan fingerprint density at radius 1 is 1.14 bits per heavy atom. The van der Waals surface area contributed by atoms with Crippen molar-refractivity contribution < 1.29 is 22.7 Å². The smallest absolute Gasteiger partial charge is 0.226 e. The van der Waals surface area contributed by atoms with Gasteiger partial charge in [0.2, 0.25) is 5.91 Å². The third-order valence-corrected chi connectivity index (χ3v) is 7.41. The van der Waals surface area contributed by atoms with Gasteiger partial charge in [0, 0.05) is 6.42 Å². The summed E-state index contributed by atoms with van der Waals surface area (Å²) in [7, 11) is -0.429. The highest BCUT2D eigenvalue weighted by Gasteiger charge is 2.17. The van der Waals surface area contributed by atoms with E-state index in [1.165, 1.54) is 37.7 Å². The van der Waals surface area contributed by atoms with E-state index in [0.29, 0.717) is 31.9 Å². The number of aromatic nitrogens is 1. The maximum Gasteiger partial charge on any atom is 0.226 e. The molecule has 0 radical (unpaired) electrons. The molecule has 0 saturated heterocycles. The van der Waals surface area contributed by atoms with Gasteiger partial charge >= 0.3 is 0 Å². The van der Waals surface area contributed by atoms with Gasteiger partial charge in [0.1, 0.15) is 17.0 Å². The number of anilines is 1. The van der Waals surface area contributed by atoms with Gasteiger partial charge in [0.05, 0.1) is 34.6 Å². The largest absolute Gasteiger partial charge is 0.497 e.